The van der Waals surface area contributed by atoms with E-state index in [9.17, 15) is 0 Å². The van der Waals surface area contributed by atoms with Crippen LogP contribution in [0.4, 0.5) is 0 Å². The SMILES string of the molecule is CCOCCCN=C(NCCc1ccco1)NCCN(C)CCCOC.I. The number of ether oxygens (including phenoxy) is 2. The molecule has 0 unspecified atom stereocenters. The third kappa shape index (κ3) is 14.8. The highest BCUT2D eigenvalue weighted by atomic mass is 127. The van der Waals surface area contributed by atoms with Crippen LogP contribution in [0.25, 0.3) is 0 Å². The van der Waals surface area contributed by atoms with Crippen LogP contribution in [-0.4, -0.2) is 77.6 Å². The lowest BCUT2D eigenvalue weighted by atomic mass is 10.3. The Hall–Kier alpha value is -0.840. The van der Waals surface area contributed by atoms with E-state index in [0.29, 0.717) is 0 Å². The second-order valence-corrected chi connectivity index (χ2v) is 6.11. The van der Waals surface area contributed by atoms with Gasteiger partial charge in [0.25, 0.3) is 0 Å². The van der Waals surface area contributed by atoms with E-state index in [4.69, 9.17) is 13.9 Å². The summed E-state index contributed by atoms with van der Waals surface area (Å²) in [5.41, 5.74) is 0. The Labute approximate surface area is 181 Å². The summed E-state index contributed by atoms with van der Waals surface area (Å²) in [6.45, 7) is 8.70. The first kappa shape index (κ1) is 26.2. The first-order valence-corrected chi connectivity index (χ1v) is 9.56. The highest BCUT2D eigenvalue weighted by molar-refractivity contribution is 14.0. The zero-order valence-corrected chi connectivity index (χ0v) is 19.4. The highest BCUT2D eigenvalue weighted by Gasteiger charge is 2.02. The molecule has 158 valence electrons. The van der Waals surface area contributed by atoms with E-state index in [1.807, 2.05) is 19.1 Å². The quantitative estimate of drug-likeness (QED) is 0.168. The molecular formula is C19H37IN4O3. The second kappa shape index (κ2) is 18.5. The van der Waals surface area contributed by atoms with Gasteiger partial charge in [-0.2, -0.15) is 0 Å². The van der Waals surface area contributed by atoms with E-state index < -0.39 is 0 Å². The lowest BCUT2D eigenvalue weighted by Gasteiger charge is -2.18. The lowest BCUT2D eigenvalue weighted by molar-refractivity contribution is 0.146. The van der Waals surface area contributed by atoms with Crippen LogP contribution in [0, 0.1) is 0 Å². The molecule has 0 atom stereocenters. The topological polar surface area (TPSA) is 71.3 Å². The van der Waals surface area contributed by atoms with Crippen molar-refractivity contribution >= 4 is 29.9 Å². The lowest BCUT2D eigenvalue weighted by Crippen LogP contribution is -2.42. The molecule has 0 amide bonds. The first-order valence-electron chi connectivity index (χ1n) is 9.56. The van der Waals surface area contributed by atoms with Gasteiger partial charge in [0.2, 0.25) is 0 Å². The van der Waals surface area contributed by atoms with Gasteiger partial charge in [-0.1, -0.05) is 0 Å². The van der Waals surface area contributed by atoms with Crippen molar-refractivity contribution in [1.29, 1.82) is 0 Å². The van der Waals surface area contributed by atoms with Gasteiger partial charge in [-0.3, -0.25) is 4.99 Å². The van der Waals surface area contributed by atoms with E-state index in [2.05, 4.69) is 27.6 Å². The number of hydrogen-bond donors (Lipinski definition) is 2. The fourth-order valence-corrected chi connectivity index (χ4v) is 2.39. The van der Waals surface area contributed by atoms with Gasteiger partial charge in [0.15, 0.2) is 5.96 Å². The van der Waals surface area contributed by atoms with Gasteiger partial charge in [0.05, 0.1) is 6.26 Å². The van der Waals surface area contributed by atoms with Crippen molar-refractivity contribution in [2.24, 2.45) is 4.99 Å². The average Bonchev–Trinajstić information content (AvgIpc) is 3.14. The number of hydrogen-bond acceptors (Lipinski definition) is 5. The molecule has 0 aromatic carbocycles. The van der Waals surface area contributed by atoms with Crippen molar-refractivity contribution in [2.45, 2.75) is 26.2 Å². The Morgan fingerprint density at radius 3 is 2.70 bits per heavy atom. The molecule has 0 spiro atoms. The van der Waals surface area contributed by atoms with Gasteiger partial charge >= 0.3 is 0 Å². The largest absolute Gasteiger partial charge is 0.469 e. The molecule has 2 N–H and O–H groups in total. The maximum Gasteiger partial charge on any atom is 0.191 e. The maximum atomic E-state index is 5.37. The molecule has 1 heterocycles. The van der Waals surface area contributed by atoms with Crippen LogP contribution in [0.15, 0.2) is 27.8 Å². The van der Waals surface area contributed by atoms with Gasteiger partial charge in [-0.05, 0) is 38.9 Å². The third-order valence-electron chi connectivity index (χ3n) is 3.84. The number of methoxy groups -OCH3 is 1. The smallest absolute Gasteiger partial charge is 0.191 e. The Morgan fingerprint density at radius 1 is 1.19 bits per heavy atom. The van der Waals surface area contributed by atoms with Crippen LogP contribution in [-0.2, 0) is 15.9 Å². The van der Waals surface area contributed by atoms with Gasteiger partial charge in [0, 0.05) is 66.1 Å². The Bertz CT molecular complexity index is 458. The van der Waals surface area contributed by atoms with E-state index >= 15 is 0 Å². The molecule has 0 saturated heterocycles. The molecule has 0 aliphatic heterocycles. The number of rotatable bonds is 15. The monoisotopic (exact) mass is 496 g/mol. The molecule has 27 heavy (non-hydrogen) atoms. The number of halogens is 1. The van der Waals surface area contributed by atoms with E-state index in [0.717, 1.165) is 83.5 Å². The van der Waals surface area contributed by atoms with E-state index in [1.54, 1.807) is 13.4 Å². The minimum absolute atomic E-state index is 0. The van der Waals surface area contributed by atoms with Crippen molar-refractivity contribution in [1.82, 2.24) is 15.5 Å². The van der Waals surface area contributed by atoms with Crippen molar-refractivity contribution in [3.8, 4) is 0 Å². The van der Waals surface area contributed by atoms with Crippen molar-refractivity contribution in [3.05, 3.63) is 24.2 Å². The van der Waals surface area contributed by atoms with E-state index in [-0.39, 0.29) is 24.0 Å². The number of furan rings is 1. The molecule has 0 aliphatic carbocycles. The van der Waals surface area contributed by atoms with E-state index in [1.165, 1.54) is 0 Å². The standard InChI is InChI=1S/C19H36N4O3.HI/c1-4-25-16-6-10-20-19(21-11-9-18-8-5-17-26-18)22-12-14-23(2)13-7-15-24-3;/h5,8,17H,4,6-7,9-16H2,1-3H3,(H2,20,21,22);1H. The third-order valence-corrected chi connectivity index (χ3v) is 3.84. The zero-order chi connectivity index (χ0) is 18.9. The zero-order valence-electron chi connectivity index (χ0n) is 17.0. The van der Waals surface area contributed by atoms with Crippen LogP contribution < -0.4 is 10.6 Å². The van der Waals surface area contributed by atoms with Crippen LogP contribution in [0.1, 0.15) is 25.5 Å². The van der Waals surface area contributed by atoms with Gasteiger partial charge in [-0.15, -0.1) is 24.0 Å². The van der Waals surface area contributed by atoms with Crippen molar-refractivity contribution in [2.75, 3.05) is 66.7 Å². The number of guanidine groups is 1. The van der Waals surface area contributed by atoms with Crippen LogP contribution in [0.3, 0.4) is 0 Å². The fraction of sp³-hybridized carbons (Fsp3) is 0.737. The summed E-state index contributed by atoms with van der Waals surface area (Å²) in [6, 6.07) is 3.90. The average molecular weight is 496 g/mol. The molecular weight excluding hydrogens is 459 g/mol. The normalized spacial score (nSPS) is 11.5. The Kier molecular flexibility index (Phi) is 17.9. The Balaban J connectivity index is 0.00000676. The molecule has 1 rings (SSSR count). The fourth-order valence-electron chi connectivity index (χ4n) is 2.39. The molecule has 0 fully saturated rings. The first-order chi connectivity index (χ1) is 12.8. The predicted molar refractivity (Wildman–Crippen MR) is 121 cm³/mol. The molecule has 1 aromatic heterocycles. The summed E-state index contributed by atoms with van der Waals surface area (Å²) in [6.07, 6.45) is 4.52. The summed E-state index contributed by atoms with van der Waals surface area (Å²) in [5, 5.41) is 6.78. The molecule has 0 saturated carbocycles. The molecule has 1 aromatic rings. The molecule has 0 aliphatic rings. The van der Waals surface area contributed by atoms with Crippen LogP contribution in [0.5, 0.6) is 0 Å². The highest BCUT2D eigenvalue weighted by Crippen LogP contribution is 1.99. The van der Waals surface area contributed by atoms with Crippen LogP contribution >= 0.6 is 24.0 Å². The predicted octanol–water partition coefficient (Wildman–Crippen LogP) is 2.37. The second-order valence-electron chi connectivity index (χ2n) is 6.11. The van der Waals surface area contributed by atoms with Crippen molar-refractivity contribution < 1.29 is 13.9 Å². The molecule has 0 radical (unpaired) electrons. The van der Waals surface area contributed by atoms with Gasteiger partial charge in [-0.25, -0.2) is 0 Å². The number of aliphatic imine (C=N–C) groups is 1. The summed E-state index contributed by atoms with van der Waals surface area (Å²) in [7, 11) is 3.87. The summed E-state index contributed by atoms with van der Waals surface area (Å²) >= 11 is 0. The minimum Gasteiger partial charge on any atom is -0.469 e. The number of likely N-dealkylation sites (N-methyl/N-ethyl adjacent to an activating group) is 1. The summed E-state index contributed by atoms with van der Waals surface area (Å²) in [4.78, 5) is 6.93. The molecule has 0 bridgehead atoms. The number of nitrogens with zero attached hydrogens (tertiary/aromatic N) is 2. The summed E-state index contributed by atoms with van der Waals surface area (Å²) in [5.74, 6) is 1.82. The van der Waals surface area contributed by atoms with Crippen LogP contribution in [0.2, 0.25) is 0 Å². The molecule has 8 heteroatoms. The Morgan fingerprint density at radius 2 is 2.00 bits per heavy atom. The summed E-state index contributed by atoms with van der Waals surface area (Å²) < 4.78 is 15.8. The van der Waals surface area contributed by atoms with Crippen molar-refractivity contribution in [3.63, 3.8) is 0 Å². The van der Waals surface area contributed by atoms with Gasteiger partial charge in [0.1, 0.15) is 5.76 Å². The van der Waals surface area contributed by atoms with Gasteiger partial charge < -0.3 is 29.4 Å². The maximum absolute atomic E-state index is 5.37. The number of nitrogens with one attached hydrogen (secondary N) is 2. The minimum atomic E-state index is 0. The molecule has 7 nitrogen and oxygen atoms in total.